The highest BCUT2D eigenvalue weighted by Crippen LogP contribution is 2.00. The van der Waals surface area contributed by atoms with Crippen molar-refractivity contribution in [2.75, 3.05) is 20.7 Å². The van der Waals surface area contributed by atoms with Crippen molar-refractivity contribution in [1.29, 1.82) is 0 Å². The number of likely N-dealkylation sites (N-methyl/N-ethyl adjacent to an activating group) is 1. The summed E-state index contributed by atoms with van der Waals surface area (Å²) in [6.45, 7) is 2.69. The molecule has 56 valence electrons. The lowest BCUT2D eigenvalue weighted by atomic mass is 10.2. The lowest BCUT2D eigenvalue weighted by Crippen LogP contribution is -2.30. The summed E-state index contributed by atoms with van der Waals surface area (Å²) in [6.07, 6.45) is 2.33. The first kappa shape index (κ1) is 8.92. The van der Waals surface area contributed by atoms with E-state index in [1.807, 2.05) is 14.1 Å². The van der Waals surface area contributed by atoms with Gasteiger partial charge in [0, 0.05) is 0 Å². The SMILES string of the molecule is CCCC(C[OH2+])N(C)C. The minimum absolute atomic E-state index is 0.468. The Morgan fingerprint density at radius 1 is 1.44 bits per heavy atom. The van der Waals surface area contributed by atoms with Crippen molar-refractivity contribution < 1.29 is 5.11 Å². The Morgan fingerprint density at radius 3 is 2.11 bits per heavy atom. The van der Waals surface area contributed by atoms with Gasteiger partial charge >= 0.3 is 0 Å². The Labute approximate surface area is 57.5 Å². The maximum absolute atomic E-state index is 7.15. The van der Waals surface area contributed by atoms with Crippen LogP contribution >= 0.6 is 0 Å². The van der Waals surface area contributed by atoms with Gasteiger partial charge in [0.25, 0.3) is 0 Å². The molecular formula is C7H18NO+. The van der Waals surface area contributed by atoms with Crippen LogP contribution in [-0.2, 0) is 0 Å². The molecule has 0 saturated heterocycles. The van der Waals surface area contributed by atoms with Crippen molar-refractivity contribution in [3.8, 4) is 0 Å². The average molecular weight is 132 g/mol. The molecule has 1 unspecified atom stereocenters. The Kier molecular flexibility index (Phi) is 4.72. The van der Waals surface area contributed by atoms with E-state index in [4.69, 9.17) is 5.11 Å². The van der Waals surface area contributed by atoms with Gasteiger partial charge in [0.2, 0.25) is 0 Å². The third-order valence-electron chi connectivity index (χ3n) is 1.59. The summed E-state index contributed by atoms with van der Waals surface area (Å²) in [5.41, 5.74) is 0. The zero-order valence-electron chi connectivity index (χ0n) is 6.65. The molecule has 0 fully saturated rings. The molecular weight excluding hydrogens is 114 g/mol. The molecule has 0 heterocycles. The van der Waals surface area contributed by atoms with Crippen LogP contribution in [0.1, 0.15) is 19.8 Å². The summed E-state index contributed by atoms with van der Waals surface area (Å²) in [7, 11) is 4.07. The zero-order valence-corrected chi connectivity index (χ0v) is 6.65. The standard InChI is InChI=1S/C7H17NO/c1-4-5-7(6-9)8(2)3/h7,9H,4-6H2,1-3H3/p+1. The minimum atomic E-state index is 0.468. The quantitative estimate of drug-likeness (QED) is 0.510. The van der Waals surface area contributed by atoms with Gasteiger partial charge in [-0.2, -0.15) is 0 Å². The van der Waals surface area contributed by atoms with Crippen LogP contribution < -0.4 is 0 Å². The summed E-state index contributed by atoms with van der Waals surface area (Å²) in [4.78, 5) is 2.12. The van der Waals surface area contributed by atoms with E-state index in [9.17, 15) is 0 Å². The van der Waals surface area contributed by atoms with Gasteiger partial charge in [-0.3, -0.25) is 4.90 Å². The molecule has 0 aliphatic carbocycles. The first-order valence-corrected chi connectivity index (χ1v) is 3.53. The summed E-state index contributed by atoms with van der Waals surface area (Å²) in [6, 6.07) is 0.468. The molecule has 2 heteroatoms. The molecule has 0 amide bonds. The normalized spacial score (nSPS) is 14.3. The second-order valence-electron chi connectivity index (χ2n) is 2.61. The number of hydrogen-bond donors (Lipinski definition) is 0. The minimum Gasteiger partial charge on any atom is -0.444 e. The first-order valence-electron chi connectivity index (χ1n) is 3.53. The summed E-state index contributed by atoms with van der Waals surface area (Å²) in [5.74, 6) is 0. The fraction of sp³-hybridized carbons (Fsp3) is 1.00. The molecule has 0 saturated carbocycles. The van der Waals surface area contributed by atoms with E-state index in [2.05, 4.69) is 11.8 Å². The Bertz CT molecular complexity index is 63.9. The molecule has 0 aliphatic rings. The van der Waals surface area contributed by atoms with Crippen LogP contribution in [0.15, 0.2) is 0 Å². The molecule has 0 aromatic heterocycles. The van der Waals surface area contributed by atoms with Gasteiger partial charge in [-0.25, -0.2) is 0 Å². The Hall–Kier alpha value is -0.0800. The van der Waals surface area contributed by atoms with Crippen molar-refractivity contribution in [1.82, 2.24) is 4.90 Å². The van der Waals surface area contributed by atoms with Crippen molar-refractivity contribution in [2.24, 2.45) is 0 Å². The topological polar surface area (TPSA) is 26.1 Å². The van der Waals surface area contributed by atoms with E-state index < -0.39 is 0 Å². The molecule has 0 spiro atoms. The zero-order chi connectivity index (χ0) is 7.28. The van der Waals surface area contributed by atoms with Gasteiger partial charge in [-0.05, 0) is 20.5 Å². The van der Waals surface area contributed by atoms with Crippen LogP contribution in [0, 0.1) is 0 Å². The third kappa shape index (κ3) is 3.49. The van der Waals surface area contributed by atoms with Crippen LogP contribution in [0.25, 0.3) is 0 Å². The van der Waals surface area contributed by atoms with E-state index in [1.165, 1.54) is 6.42 Å². The molecule has 0 aromatic carbocycles. The molecule has 0 rings (SSSR count). The summed E-state index contributed by atoms with van der Waals surface area (Å²) >= 11 is 0. The van der Waals surface area contributed by atoms with Crippen LogP contribution in [0.2, 0.25) is 0 Å². The van der Waals surface area contributed by atoms with E-state index in [1.54, 1.807) is 0 Å². The fourth-order valence-corrected chi connectivity index (χ4v) is 0.876. The van der Waals surface area contributed by atoms with Gasteiger partial charge in [0.05, 0.1) is 6.04 Å². The highest BCUT2D eigenvalue weighted by Gasteiger charge is 2.09. The van der Waals surface area contributed by atoms with Crippen molar-refractivity contribution >= 4 is 0 Å². The lowest BCUT2D eigenvalue weighted by Gasteiger charge is -2.18. The van der Waals surface area contributed by atoms with Gasteiger partial charge in [0.15, 0.2) is 6.61 Å². The molecule has 2 nitrogen and oxygen atoms in total. The largest absolute Gasteiger partial charge is 0.444 e. The molecule has 1 atom stereocenters. The van der Waals surface area contributed by atoms with Crippen molar-refractivity contribution in [3.05, 3.63) is 0 Å². The highest BCUT2D eigenvalue weighted by atomic mass is 16.3. The Balaban J connectivity index is 3.41. The molecule has 0 radical (unpaired) electrons. The molecule has 0 aromatic rings. The molecule has 9 heavy (non-hydrogen) atoms. The summed E-state index contributed by atoms with van der Waals surface area (Å²) in [5, 5.41) is 7.15. The van der Waals surface area contributed by atoms with Crippen LogP contribution in [0.3, 0.4) is 0 Å². The van der Waals surface area contributed by atoms with Gasteiger partial charge in [0.1, 0.15) is 0 Å². The van der Waals surface area contributed by atoms with E-state index in [0.717, 1.165) is 6.42 Å². The number of hydrogen-bond acceptors (Lipinski definition) is 1. The van der Waals surface area contributed by atoms with Gasteiger partial charge in [-0.1, -0.05) is 13.3 Å². The molecule has 0 aliphatic heterocycles. The second-order valence-corrected chi connectivity index (χ2v) is 2.61. The average Bonchev–Trinajstić information content (AvgIpc) is 1.82. The smallest absolute Gasteiger partial charge is 0.159 e. The third-order valence-corrected chi connectivity index (χ3v) is 1.59. The number of rotatable bonds is 4. The van der Waals surface area contributed by atoms with Gasteiger partial charge in [-0.15, -0.1) is 0 Å². The lowest BCUT2D eigenvalue weighted by molar-refractivity contribution is 0.161. The molecule has 0 bridgehead atoms. The van der Waals surface area contributed by atoms with Crippen LogP contribution in [0.4, 0.5) is 0 Å². The fourth-order valence-electron chi connectivity index (χ4n) is 0.876. The summed E-state index contributed by atoms with van der Waals surface area (Å²) < 4.78 is 0. The predicted molar refractivity (Wildman–Crippen MR) is 40.9 cm³/mol. The van der Waals surface area contributed by atoms with Crippen molar-refractivity contribution in [3.63, 3.8) is 0 Å². The predicted octanol–water partition coefficient (Wildman–Crippen LogP) is 0.441. The van der Waals surface area contributed by atoms with Crippen molar-refractivity contribution in [2.45, 2.75) is 25.8 Å². The van der Waals surface area contributed by atoms with Gasteiger partial charge < -0.3 is 5.11 Å². The highest BCUT2D eigenvalue weighted by molar-refractivity contribution is 4.62. The monoisotopic (exact) mass is 132 g/mol. The van der Waals surface area contributed by atoms with Crippen LogP contribution in [0.5, 0.6) is 0 Å². The maximum atomic E-state index is 7.15. The van der Waals surface area contributed by atoms with E-state index >= 15 is 0 Å². The first-order chi connectivity index (χ1) is 4.22. The van der Waals surface area contributed by atoms with Crippen LogP contribution in [-0.4, -0.2) is 36.8 Å². The Morgan fingerprint density at radius 2 is 2.00 bits per heavy atom. The van der Waals surface area contributed by atoms with E-state index in [0.29, 0.717) is 12.6 Å². The number of nitrogens with zero attached hydrogens (tertiary/aromatic N) is 1. The maximum Gasteiger partial charge on any atom is 0.159 e. The second kappa shape index (κ2) is 4.77. The van der Waals surface area contributed by atoms with E-state index in [-0.39, 0.29) is 0 Å². The molecule has 2 N–H and O–H groups in total.